The van der Waals surface area contributed by atoms with E-state index in [1.807, 2.05) is 7.05 Å². The van der Waals surface area contributed by atoms with E-state index in [9.17, 15) is 19.4 Å². The van der Waals surface area contributed by atoms with E-state index in [0.29, 0.717) is 57.5 Å². The van der Waals surface area contributed by atoms with Crippen molar-refractivity contribution in [3.8, 4) is 0 Å². The summed E-state index contributed by atoms with van der Waals surface area (Å²) < 4.78 is 19.6. The molecule has 9 heteroatoms. The van der Waals surface area contributed by atoms with Crippen LogP contribution in [0.3, 0.4) is 0 Å². The molecule has 1 aromatic carbocycles. The summed E-state index contributed by atoms with van der Waals surface area (Å²) in [6.45, 7) is 1.93. The molecule has 1 heterocycles. The monoisotopic (exact) mass is 541 g/mol. The number of amides is 2. The number of hydrogen-bond acceptors (Lipinski definition) is 5. The number of halogens is 2. The molecule has 0 aromatic heterocycles. The zero-order valence-corrected chi connectivity index (χ0v) is 23.1. The second-order valence-electron chi connectivity index (χ2n) is 10.8. The van der Waals surface area contributed by atoms with E-state index < -0.39 is 23.6 Å². The van der Waals surface area contributed by atoms with E-state index in [0.717, 1.165) is 32.1 Å². The van der Waals surface area contributed by atoms with Crippen molar-refractivity contribution in [2.75, 3.05) is 40.4 Å². The third-order valence-corrected chi connectivity index (χ3v) is 8.62. The number of carbonyl (C=O) groups excluding carboxylic acids is 1. The number of piperidine rings is 1. The molecule has 0 bridgehead atoms. The van der Waals surface area contributed by atoms with Crippen LogP contribution >= 0.6 is 11.6 Å². The molecular formula is C28H45ClFN3O4. The molecule has 1 saturated carbocycles. The van der Waals surface area contributed by atoms with Gasteiger partial charge >= 0.3 is 6.03 Å². The predicted octanol–water partition coefficient (Wildman–Crippen LogP) is 4.43. The number of rotatable bonds is 12. The fourth-order valence-corrected chi connectivity index (χ4v) is 6.41. The molecule has 4 unspecified atom stereocenters. The van der Waals surface area contributed by atoms with Gasteiger partial charge in [0.05, 0.1) is 22.8 Å². The van der Waals surface area contributed by atoms with Crippen LogP contribution in [0.15, 0.2) is 18.2 Å². The van der Waals surface area contributed by atoms with E-state index >= 15 is 0 Å². The Morgan fingerprint density at radius 1 is 1.24 bits per heavy atom. The summed E-state index contributed by atoms with van der Waals surface area (Å²) in [5.41, 5.74) is -1.00. The van der Waals surface area contributed by atoms with Crippen molar-refractivity contribution in [2.24, 2.45) is 11.8 Å². The zero-order valence-electron chi connectivity index (χ0n) is 22.4. The van der Waals surface area contributed by atoms with Crippen molar-refractivity contribution in [2.45, 2.75) is 82.0 Å². The van der Waals surface area contributed by atoms with Crippen LogP contribution in [-0.2, 0) is 10.3 Å². The molecule has 2 amide bonds. The number of urea groups is 1. The molecule has 1 aromatic rings. The smallest absolute Gasteiger partial charge is 0.317 e. The number of unbranched alkanes of at least 4 members (excludes halogenated alkanes) is 1. The highest BCUT2D eigenvalue weighted by Gasteiger charge is 2.43. The quantitative estimate of drug-likeness (QED) is 0.294. The highest BCUT2D eigenvalue weighted by molar-refractivity contribution is 6.31. The molecule has 2 fully saturated rings. The molecule has 4 atom stereocenters. The zero-order chi connectivity index (χ0) is 26.8. The van der Waals surface area contributed by atoms with Gasteiger partial charge in [0, 0.05) is 44.8 Å². The molecular weight excluding hydrogens is 497 g/mol. The third-order valence-electron chi connectivity index (χ3n) is 8.24. The Bertz CT molecular complexity index is 857. The lowest BCUT2D eigenvalue weighted by molar-refractivity contribution is -0.0567. The standard InChI is InChI=1S/C28H45ClFN3O4/c1-31-18-24(26(34)20-10-4-3-5-11-20)32-27(35)33-16-9-12-21(19-33)28(36,15-6-7-17-37-2)22-13-8-14-23(30)25(22)29/h8,13-14,20-21,24,26,31,34,36H,3-7,9-12,15-19H2,1-2H3,(H,32,35). The van der Waals surface area contributed by atoms with E-state index in [4.69, 9.17) is 16.3 Å². The number of aliphatic hydroxyl groups is 2. The SMILES string of the molecule is CNCC(NC(=O)N1CCCC(C(O)(CCCCOC)c2cccc(F)c2Cl)C1)C(O)C1CCCCC1. The molecule has 37 heavy (non-hydrogen) atoms. The summed E-state index contributed by atoms with van der Waals surface area (Å²) >= 11 is 6.36. The molecule has 1 saturated heterocycles. The number of aliphatic hydroxyl groups excluding tert-OH is 1. The second-order valence-corrected chi connectivity index (χ2v) is 11.1. The van der Waals surface area contributed by atoms with Crippen molar-refractivity contribution in [1.29, 1.82) is 0 Å². The van der Waals surface area contributed by atoms with Crippen LogP contribution in [0.4, 0.5) is 9.18 Å². The molecule has 7 nitrogen and oxygen atoms in total. The summed E-state index contributed by atoms with van der Waals surface area (Å²) in [7, 11) is 3.45. The Labute approximate surface area is 226 Å². The van der Waals surface area contributed by atoms with Crippen LogP contribution in [0.2, 0.25) is 5.02 Å². The summed E-state index contributed by atoms with van der Waals surface area (Å²) in [5, 5.41) is 29.2. The van der Waals surface area contributed by atoms with Crippen LogP contribution in [0.1, 0.15) is 69.8 Å². The minimum absolute atomic E-state index is 0.0667. The number of benzene rings is 1. The Kier molecular flexibility index (Phi) is 11.9. The first kappa shape index (κ1) is 30.1. The number of hydrogen-bond donors (Lipinski definition) is 4. The normalized spacial score (nSPS) is 22.3. The average Bonchev–Trinajstić information content (AvgIpc) is 2.92. The van der Waals surface area contributed by atoms with Crippen molar-refractivity contribution < 1.29 is 24.1 Å². The Morgan fingerprint density at radius 2 is 2.00 bits per heavy atom. The topological polar surface area (TPSA) is 94.1 Å². The summed E-state index contributed by atoms with van der Waals surface area (Å²) in [6, 6.07) is 3.90. The van der Waals surface area contributed by atoms with Gasteiger partial charge in [-0.05, 0) is 64.0 Å². The number of carbonyl (C=O) groups is 1. The van der Waals surface area contributed by atoms with Gasteiger partial charge in [0.2, 0.25) is 0 Å². The largest absolute Gasteiger partial charge is 0.391 e. The van der Waals surface area contributed by atoms with Crippen LogP contribution in [0.25, 0.3) is 0 Å². The lowest BCUT2D eigenvalue weighted by Crippen LogP contribution is -2.57. The van der Waals surface area contributed by atoms with E-state index in [-0.39, 0.29) is 22.9 Å². The lowest BCUT2D eigenvalue weighted by Gasteiger charge is -2.43. The molecule has 1 aliphatic carbocycles. The van der Waals surface area contributed by atoms with Gasteiger partial charge in [0.25, 0.3) is 0 Å². The number of likely N-dealkylation sites (tertiary alicyclic amines) is 1. The fourth-order valence-electron chi connectivity index (χ4n) is 6.12. The van der Waals surface area contributed by atoms with Gasteiger partial charge in [0.1, 0.15) is 5.82 Å². The predicted molar refractivity (Wildman–Crippen MR) is 144 cm³/mol. The number of ether oxygens (including phenoxy) is 1. The number of nitrogens with zero attached hydrogens (tertiary/aromatic N) is 1. The minimum Gasteiger partial charge on any atom is -0.391 e. The Morgan fingerprint density at radius 3 is 2.70 bits per heavy atom. The van der Waals surface area contributed by atoms with Gasteiger partial charge < -0.3 is 30.5 Å². The third kappa shape index (κ3) is 7.79. The Hall–Kier alpha value is -1.45. The molecule has 210 valence electrons. The molecule has 0 spiro atoms. The van der Waals surface area contributed by atoms with Gasteiger partial charge in [0.15, 0.2) is 0 Å². The lowest BCUT2D eigenvalue weighted by atomic mass is 9.74. The first-order valence-corrected chi connectivity index (χ1v) is 14.2. The molecule has 0 radical (unpaired) electrons. The summed E-state index contributed by atoms with van der Waals surface area (Å²) in [6.07, 6.45) is 8.01. The first-order chi connectivity index (χ1) is 17.8. The summed E-state index contributed by atoms with van der Waals surface area (Å²) in [4.78, 5) is 15.1. The van der Waals surface area contributed by atoms with Gasteiger partial charge in [-0.15, -0.1) is 0 Å². The maximum absolute atomic E-state index is 14.4. The van der Waals surface area contributed by atoms with Gasteiger partial charge in [-0.25, -0.2) is 9.18 Å². The van der Waals surface area contributed by atoms with E-state index in [2.05, 4.69) is 10.6 Å². The first-order valence-electron chi connectivity index (χ1n) is 13.9. The van der Waals surface area contributed by atoms with Crippen molar-refractivity contribution in [3.05, 3.63) is 34.6 Å². The van der Waals surface area contributed by atoms with Crippen LogP contribution in [0, 0.1) is 17.7 Å². The van der Waals surface area contributed by atoms with Gasteiger partial charge in [-0.2, -0.15) is 0 Å². The average molecular weight is 542 g/mol. The number of nitrogens with one attached hydrogen (secondary N) is 2. The highest BCUT2D eigenvalue weighted by Crippen LogP contribution is 2.43. The van der Waals surface area contributed by atoms with Crippen molar-refractivity contribution in [3.63, 3.8) is 0 Å². The van der Waals surface area contributed by atoms with Crippen molar-refractivity contribution >= 4 is 17.6 Å². The maximum Gasteiger partial charge on any atom is 0.317 e. The minimum atomic E-state index is -1.38. The molecule has 4 N–H and O–H groups in total. The van der Waals surface area contributed by atoms with Crippen LogP contribution in [-0.4, -0.2) is 73.7 Å². The van der Waals surface area contributed by atoms with E-state index in [1.165, 1.54) is 12.5 Å². The Balaban J connectivity index is 1.75. The fraction of sp³-hybridized carbons (Fsp3) is 0.750. The van der Waals surface area contributed by atoms with Gasteiger partial charge in [-0.1, -0.05) is 43.0 Å². The molecule has 1 aliphatic heterocycles. The summed E-state index contributed by atoms with van der Waals surface area (Å²) in [5.74, 6) is -0.680. The second kappa shape index (κ2) is 14.6. The number of methoxy groups -OCH3 is 1. The van der Waals surface area contributed by atoms with Crippen LogP contribution in [0.5, 0.6) is 0 Å². The highest BCUT2D eigenvalue weighted by atomic mass is 35.5. The molecule has 2 aliphatic rings. The van der Waals surface area contributed by atoms with Crippen molar-refractivity contribution in [1.82, 2.24) is 15.5 Å². The van der Waals surface area contributed by atoms with Gasteiger partial charge in [-0.3, -0.25) is 0 Å². The molecule has 3 rings (SSSR count). The maximum atomic E-state index is 14.4. The van der Waals surface area contributed by atoms with E-state index in [1.54, 1.807) is 24.1 Å². The van der Waals surface area contributed by atoms with Crippen LogP contribution < -0.4 is 10.6 Å². The number of likely N-dealkylation sites (N-methyl/N-ethyl adjacent to an activating group) is 1.